The summed E-state index contributed by atoms with van der Waals surface area (Å²) >= 11 is 5.53. The van der Waals surface area contributed by atoms with Crippen LogP contribution >= 0.6 is 12.2 Å². The number of thiocarbonyl (C=S) groups is 1. The summed E-state index contributed by atoms with van der Waals surface area (Å²) in [5.41, 5.74) is 2.43. The average Bonchev–Trinajstić information content (AvgIpc) is 2.46. The van der Waals surface area contributed by atoms with Gasteiger partial charge in [0.2, 0.25) is 0 Å². The van der Waals surface area contributed by atoms with Crippen molar-refractivity contribution in [3.63, 3.8) is 0 Å². The summed E-state index contributed by atoms with van der Waals surface area (Å²) in [7, 11) is 0. The zero-order chi connectivity index (χ0) is 15.4. The fraction of sp³-hybridized carbons (Fsp3) is 0.588. The number of nitrogens with zero attached hydrogens (tertiary/aromatic N) is 1. The van der Waals surface area contributed by atoms with Gasteiger partial charge < -0.3 is 15.0 Å². The predicted octanol–water partition coefficient (Wildman–Crippen LogP) is 4.01. The molecule has 0 saturated carbocycles. The molecule has 0 aromatic heterocycles. The van der Waals surface area contributed by atoms with Gasteiger partial charge in [-0.15, -0.1) is 0 Å². The quantitative estimate of drug-likeness (QED) is 0.853. The molecule has 1 aromatic rings. The Kier molecular flexibility index (Phi) is 5.59. The van der Waals surface area contributed by atoms with Crippen LogP contribution in [0, 0.1) is 0 Å². The Morgan fingerprint density at radius 2 is 1.86 bits per heavy atom. The van der Waals surface area contributed by atoms with E-state index in [1.54, 1.807) is 0 Å². The summed E-state index contributed by atoms with van der Waals surface area (Å²) in [6, 6.07) is 8.59. The van der Waals surface area contributed by atoms with E-state index in [4.69, 9.17) is 17.0 Å². The number of nitrogens with one attached hydrogen (secondary N) is 1. The first-order valence-corrected chi connectivity index (χ1v) is 8.21. The van der Waals surface area contributed by atoms with Crippen molar-refractivity contribution in [2.45, 2.75) is 52.2 Å². The summed E-state index contributed by atoms with van der Waals surface area (Å²) < 4.78 is 5.74. The van der Waals surface area contributed by atoms with Gasteiger partial charge in [0.05, 0.1) is 12.2 Å². The maximum atomic E-state index is 5.74. The zero-order valence-electron chi connectivity index (χ0n) is 13.4. The SMILES string of the molecule is CC[C@H](C)c1ccc(NC(=S)N2C[C@H](C)O[C@@H](C)C2)cc1. The van der Waals surface area contributed by atoms with Gasteiger partial charge in [0, 0.05) is 18.8 Å². The minimum Gasteiger partial charge on any atom is -0.372 e. The molecule has 0 radical (unpaired) electrons. The minimum absolute atomic E-state index is 0.223. The monoisotopic (exact) mass is 306 g/mol. The molecule has 3 atom stereocenters. The minimum atomic E-state index is 0.223. The van der Waals surface area contributed by atoms with E-state index in [1.807, 2.05) is 0 Å². The third kappa shape index (κ3) is 4.42. The second-order valence-electron chi connectivity index (χ2n) is 6.02. The van der Waals surface area contributed by atoms with Gasteiger partial charge in [0.1, 0.15) is 0 Å². The lowest BCUT2D eigenvalue weighted by Crippen LogP contribution is -2.49. The van der Waals surface area contributed by atoms with Crippen molar-refractivity contribution in [3.05, 3.63) is 29.8 Å². The Bertz CT molecular complexity index is 464. The third-order valence-electron chi connectivity index (χ3n) is 4.05. The van der Waals surface area contributed by atoms with Crippen LogP contribution < -0.4 is 5.32 Å². The number of hydrogen-bond acceptors (Lipinski definition) is 2. The molecule has 1 aliphatic heterocycles. The molecule has 21 heavy (non-hydrogen) atoms. The topological polar surface area (TPSA) is 24.5 Å². The lowest BCUT2D eigenvalue weighted by Gasteiger charge is -2.36. The van der Waals surface area contributed by atoms with Gasteiger partial charge in [-0.25, -0.2) is 0 Å². The van der Waals surface area contributed by atoms with Crippen LogP contribution in [-0.2, 0) is 4.74 Å². The van der Waals surface area contributed by atoms with Crippen molar-refractivity contribution < 1.29 is 4.74 Å². The first-order valence-electron chi connectivity index (χ1n) is 7.81. The summed E-state index contributed by atoms with van der Waals surface area (Å²) in [5.74, 6) is 0.604. The van der Waals surface area contributed by atoms with E-state index >= 15 is 0 Å². The number of anilines is 1. The highest BCUT2D eigenvalue weighted by atomic mass is 32.1. The second-order valence-corrected chi connectivity index (χ2v) is 6.41. The molecule has 116 valence electrons. The largest absolute Gasteiger partial charge is 0.372 e. The van der Waals surface area contributed by atoms with E-state index in [9.17, 15) is 0 Å². The molecule has 0 spiro atoms. The van der Waals surface area contributed by atoms with E-state index < -0.39 is 0 Å². The van der Waals surface area contributed by atoms with Crippen LogP contribution in [0.3, 0.4) is 0 Å². The maximum Gasteiger partial charge on any atom is 0.173 e. The van der Waals surface area contributed by atoms with Crippen LogP contribution in [-0.4, -0.2) is 35.3 Å². The Morgan fingerprint density at radius 1 is 1.29 bits per heavy atom. The number of morpholine rings is 1. The highest BCUT2D eigenvalue weighted by Crippen LogP contribution is 2.21. The molecule has 0 amide bonds. The molecule has 0 unspecified atom stereocenters. The maximum absolute atomic E-state index is 5.74. The lowest BCUT2D eigenvalue weighted by molar-refractivity contribution is -0.0473. The van der Waals surface area contributed by atoms with Crippen LogP contribution in [0.4, 0.5) is 5.69 Å². The Balaban J connectivity index is 1.96. The normalized spacial score (nSPS) is 23.7. The summed E-state index contributed by atoms with van der Waals surface area (Å²) in [5, 5.41) is 4.12. The van der Waals surface area contributed by atoms with Crippen LogP contribution in [0.1, 0.15) is 45.6 Å². The van der Waals surface area contributed by atoms with E-state index in [2.05, 4.69) is 62.2 Å². The van der Waals surface area contributed by atoms with Gasteiger partial charge in [0.25, 0.3) is 0 Å². The third-order valence-corrected chi connectivity index (χ3v) is 4.41. The first-order chi connectivity index (χ1) is 9.99. The van der Waals surface area contributed by atoms with Crippen molar-refractivity contribution in [3.8, 4) is 0 Å². The van der Waals surface area contributed by atoms with E-state index in [0.717, 1.165) is 30.3 Å². The average molecular weight is 306 g/mol. The highest BCUT2D eigenvalue weighted by molar-refractivity contribution is 7.80. The predicted molar refractivity (Wildman–Crippen MR) is 93.0 cm³/mol. The van der Waals surface area contributed by atoms with Crippen molar-refractivity contribution in [1.82, 2.24) is 4.90 Å². The van der Waals surface area contributed by atoms with Gasteiger partial charge in [0.15, 0.2) is 5.11 Å². The van der Waals surface area contributed by atoms with E-state index in [1.165, 1.54) is 5.56 Å². The summed E-state index contributed by atoms with van der Waals surface area (Å²) in [4.78, 5) is 2.19. The molecular weight excluding hydrogens is 280 g/mol. The molecule has 2 rings (SSSR count). The molecule has 1 heterocycles. The van der Waals surface area contributed by atoms with Gasteiger partial charge in [-0.1, -0.05) is 26.0 Å². The van der Waals surface area contributed by atoms with Gasteiger partial charge >= 0.3 is 0 Å². The number of benzene rings is 1. The molecule has 1 aliphatic rings. The van der Waals surface area contributed by atoms with Crippen LogP contribution in [0.2, 0.25) is 0 Å². The molecule has 3 nitrogen and oxygen atoms in total. The van der Waals surface area contributed by atoms with Crippen molar-refractivity contribution in [1.29, 1.82) is 0 Å². The molecule has 1 fully saturated rings. The smallest absolute Gasteiger partial charge is 0.173 e. The molecule has 1 saturated heterocycles. The fourth-order valence-electron chi connectivity index (χ4n) is 2.68. The first kappa shape index (κ1) is 16.2. The molecule has 4 heteroatoms. The van der Waals surface area contributed by atoms with E-state index in [0.29, 0.717) is 5.92 Å². The van der Waals surface area contributed by atoms with Crippen LogP contribution in [0.5, 0.6) is 0 Å². The Morgan fingerprint density at radius 3 is 2.38 bits per heavy atom. The second kappa shape index (κ2) is 7.23. The standard InChI is InChI=1S/C17H26N2OS/c1-5-12(2)15-6-8-16(9-7-15)18-17(21)19-10-13(3)20-14(4)11-19/h6-9,12-14H,5,10-11H2,1-4H3,(H,18,21)/t12-,13-,14-/m0/s1. The van der Waals surface area contributed by atoms with Gasteiger partial charge in [-0.05, 0) is 56.1 Å². The highest BCUT2D eigenvalue weighted by Gasteiger charge is 2.23. The number of hydrogen-bond donors (Lipinski definition) is 1. The van der Waals surface area contributed by atoms with Crippen molar-refractivity contribution >= 4 is 23.0 Å². The summed E-state index contributed by atoms with van der Waals surface area (Å²) in [6.45, 7) is 10.3. The molecule has 0 bridgehead atoms. The van der Waals surface area contributed by atoms with Crippen LogP contribution in [0.25, 0.3) is 0 Å². The van der Waals surface area contributed by atoms with Gasteiger partial charge in [-0.2, -0.15) is 0 Å². The lowest BCUT2D eigenvalue weighted by atomic mass is 9.99. The van der Waals surface area contributed by atoms with E-state index in [-0.39, 0.29) is 12.2 Å². The molecular formula is C17H26N2OS. The zero-order valence-corrected chi connectivity index (χ0v) is 14.2. The molecule has 0 aliphatic carbocycles. The number of rotatable bonds is 3. The Hall–Kier alpha value is -1.13. The molecule has 1 aromatic carbocycles. The Labute approximate surface area is 133 Å². The molecule has 1 N–H and O–H groups in total. The summed E-state index contributed by atoms with van der Waals surface area (Å²) in [6.07, 6.45) is 1.61. The number of ether oxygens (including phenoxy) is 1. The fourth-order valence-corrected chi connectivity index (χ4v) is 2.94. The van der Waals surface area contributed by atoms with Gasteiger partial charge in [-0.3, -0.25) is 0 Å². The van der Waals surface area contributed by atoms with Crippen LogP contribution in [0.15, 0.2) is 24.3 Å². The van der Waals surface area contributed by atoms with Crippen molar-refractivity contribution in [2.24, 2.45) is 0 Å². The van der Waals surface area contributed by atoms with Crippen molar-refractivity contribution in [2.75, 3.05) is 18.4 Å².